The average Bonchev–Trinajstić information content (AvgIpc) is 3.20. The molecule has 35 heavy (non-hydrogen) atoms. The molecule has 0 bridgehead atoms. The van der Waals surface area contributed by atoms with Crippen LogP contribution in [0.3, 0.4) is 0 Å². The number of likely N-dealkylation sites (tertiary alicyclic amines) is 1. The highest BCUT2D eigenvalue weighted by Crippen LogP contribution is 2.58. The maximum Gasteiger partial charge on any atom is 0.313 e. The largest absolute Gasteiger partial charge is 0.465 e. The summed E-state index contributed by atoms with van der Waals surface area (Å²) in [5, 5.41) is 9.76. The third-order valence-electron chi connectivity index (χ3n) is 8.12. The first-order valence-corrected chi connectivity index (χ1v) is 12.7. The van der Waals surface area contributed by atoms with Gasteiger partial charge >= 0.3 is 5.97 Å². The molecule has 0 aromatic carbocycles. The second-order valence-corrected chi connectivity index (χ2v) is 9.88. The van der Waals surface area contributed by atoms with Crippen molar-refractivity contribution in [2.75, 3.05) is 65.7 Å². The van der Waals surface area contributed by atoms with Gasteiger partial charge in [-0.1, -0.05) is 31.2 Å². The summed E-state index contributed by atoms with van der Waals surface area (Å²) in [7, 11) is 0. The summed E-state index contributed by atoms with van der Waals surface area (Å²) < 4.78 is 17.7. The molecule has 0 radical (unpaired) electrons. The summed E-state index contributed by atoms with van der Waals surface area (Å²) in [6.45, 7) is 6.48. The van der Waals surface area contributed by atoms with Gasteiger partial charge in [0.25, 0.3) is 0 Å². The van der Waals surface area contributed by atoms with Crippen LogP contribution in [-0.2, 0) is 28.6 Å². The molecule has 3 saturated heterocycles. The monoisotopic (exact) mass is 489 g/mol. The second-order valence-electron chi connectivity index (χ2n) is 9.88. The molecule has 10 heteroatoms. The van der Waals surface area contributed by atoms with Crippen molar-refractivity contribution < 1.29 is 33.7 Å². The number of cyclic esters (lactones) is 1. The Hall–Kier alpha value is -2.27. The highest BCUT2D eigenvalue weighted by atomic mass is 16.6. The summed E-state index contributed by atoms with van der Waals surface area (Å²) >= 11 is 0. The zero-order valence-electron chi connectivity index (χ0n) is 20.3. The first-order valence-electron chi connectivity index (χ1n) is 12.7. The van der Waals surface area contributed by atoms with Crippen LogP contribution < -0.4 is 0 Å². The number of aliphatic hydroxyl groups excluding tert-OH is 1. The predicted octanol–water partition coefficient (Wildman–Crippen LogP) is -0.427. The molecule has 0 aromatic heterocycles. The summed E-state index contributed by atoms with van der Waals surface area (Å²) in [5.41, 5.74) is -2.33. The van der Waals surface area contributed by atoms with Crippen molar-refractivity contribution in [1.82, 2.24) is 14.7 Å². The van der Waals surface area contributed by atoms with E-state index >= 15 is 0 Å². The Morgan fingerprint density at radius 3 is 2.54 bits per heavy atom. The Balaban J connectivity index is 1.51. The quantitative estimate of drug-likeness (QED) is 0.396. The number of nitrogens with zero attached hydrogens (tertiary/aromatic N) is 3. The lowest BCUT2D eigenvalue weighted by molar-refractivity contribution is -0.162. The van der Waals surface area contributed by atoms with Gasteiger partial charge in [-0.25, -0.2) is 0 Å². The van der Waals surface area contributed by atoms with E-state index in [0.29, 0.717) is 45.7 Å². The third-order valence-corrected chi connectivity index (χ3v) is 8.12. The number of β-amino-alcohol motifs (C(OH)–C–C–N with tert-alkyl or cyclic N) is 1. The SMILES string of the molecule is CC[C@]12C=CCCOC(=O)[C@H]1[C@H]1C(=O)N(CCO)C3C(=O)N(CCN4CCOCC4)CC=C[C@@]31O2. The first kappa shape index (κ1) is 24.4. The Kier molecular flexibility index (Phi) is 6.73. The lowest BCUT2D eigenvalue weighted by Gasteiger charge is -2.39. The molecule has 0 saturated carbocycles. The van der Waals surface area contributed by atoms with E-state index in [1.165, 1.54) is 4.90 Å². The normalized spacial score (nSPS) is 37.4. The van der Waals surface area contributed by atoms with E-state index in [9.17, 15) is 19.5 Å². The van der Waals surface area contributed by atoms with Crippen LogP contribution in [0.1, 0.15) is 19.8 Å². The fourth-order valence-electron chi connectivity index (χ4n) is 6.41. The molecule has 0 aromatic rings. The van der Waals surface area contributed by atoms with Crippen molar-refractivity contribution in [1.29, 1.82) is 0 Å². The van der Waals surface area contributed by atoms with E-state index in [1.54, 1.807) is 4.90 Å². The van der Waals surface area contributed by atoms with Crippen molar-refractivity contribution in [3.63, 3.8) is 0 Å². The van der Waals surface area contributed by atoms with Crippen LogP contribution in [0.5, 0.6) is 0 Å². The number of rotatable bonds is 6. The standard InChI is InChI=1S/C25H35N3O7/c1-2-24-6-3-4-15-34-23(32)19(24)18-21(30)28(11-14-29)20-22(31)27(8-5-7-25(18,20)35-24)10-9-26-12-16-33-17-13-26/h3,5-7,18-20,29H,2,4,8-17H2,1H3/t18-,19+,20?,24-,25-/m0/s1. The number of carbonyl (C=O) groups excluding carboxylic acids is 3. The van der Waals surface area contributed by atoms with Gasteiger partial charge in [0.2, 0.25) is 11.8 Å². The molecule has 1 unspecified atom stereocenters. The van der Waals surface area contributed by atoms with Crippen molar-refractivity contribution in [2.24, 2.45) is 11.8 Å². The maximum absolute atomic E-state index is 14.0. The fraction of sp³-hybridized carbons (Fsp3) is 0.720. The van der Waals surface area contributed by atoms with E-state index in [0.717, 1.165) is 13.1 Å². The smallest absolute Gasteiger partial charge is 0.313 e. The van der Waals surface area contributed by atoms with Crippen molar-refractivity contribution in [3.05, 3.63) is 24.3 Å². The minimum Gasteiger partial charge on any atom is -0.465 e. The topological polar surface area (TPSA) is 109 Å². The van der Waals surface area contributed by atoms with Gasteiger partial charge in [0.05, 0.1) is 32.3 Å². The number of morpholine rings is 1. The number of carbonyl (C=O) groups is 3. The number of amides is 2. The molecule has 3 fully saturated rings. The molecular formula is C25H35N3O7. The molecule has 5 rings (SSSR count). The molecule has 192 valence electrons. The minimum atomic E-state index is -1.30. The predicted molar refractivity (Wildman–Crippen MR) is 124 cm³/mol. The number of esters is 1. The van der Waals surface area contributed by atoms with Crippen LogP contribution in [0.2, 0.25) is 0 Å². The third kappa shape index (κ3) is 3.91. The van der Waals surface area contributed by atoms with Gasteiger partial charge in [0, 0.05) is 39.3 Å². The Morgan fingerprint density at radius 1 is 1.00 bits per heavy atom. The van der Waals surface area contributed by atoms with E-state index in [2.05, 4.69) is 4.90 Å². The lowest BCUT2D eigenvalue weighted by atomic mass is 9.73. The van der Waals surface area contributed by atoms with E-state index < -0.39 is 35.0 Å². The average molecular weight is 490 g/mol. The molecule has 5 aliphatic heterocycles. The highest BCUT2D eigenvalue weighted by Gasteiger charge is 2.75. The zero-order valence-corrected chi connectivity index (χ0v) is 20.3. The van der Waals surface area contributed by atoms with E-state index in [1.807, 2.05) is 31.2 Å². The molecular weight excluding hydrogens is 454 g/mol. The van der Waals surface area contributed by atoms with Gasteiger partial charge in [0.1, 0.15) is 23.2 Å². The molecule has 0 aliphatic carbocycles. The van der Waals surface area contributed by atoms with Gasteiger partial charge < -0.3 is 29.1 Å². The maximum atomic E-state index is 14.0. The minimum absolute atomic E-state index is 0.00126. The molecule has 5 aliphatic rings. The molecule has 5 heterocycles. The van der Waals surface area contributed by atoms with E-state index in [4.69, 9.17) is 14.2 Å². The zero-order chi connectivity index (χ0) is 24.6. The van der Waals surface area contributed by atoms with Crippen LogP contribution >= 0.6 is 0 Å². The number of hydrogen-bond donors (Lipinski definition) is 1. The summed E-state index contributed by atoms with van der Waals surface area (Å²) in [5.74, 6) is -2.78. The first-order chi connectivity index (χ1) is 17.0. The van der Waals surface area contributed by atoms with Gasteiger partial charge in [-0.3, -0.25) is 19.3 Å². The summed E-state index contributed by atoms with van der Waals surface area (Å²) in [6.07, 6.45) is 8.57. The van der Waals surface area contributed by atoms with Crippen LogP contribution in [-0.4, -0.2) is 121 Å². The summed E-state index contributed by atoms with van der Waals surface area (Å²) in [6, 6.07) is -0.950. The number of aliphatic hydroxyl groups is 1. The highest BCUT2D eigenvalue weighted by molar-refractivity contribution is 5.99. The lowest BCUT2D eigenvalue weighted by Crippen LogP contribution is -2.57. The van der Waals surface area contributed by atoms with Crippen molar-refractivity contribution >= 4 is 17.8 Å². The van der Waals surface area contributed by atoms with Gasteiger partial charge in [-0.2, -0.15) is 0 Å². The second kappa shape index (κ2) is 9.65. The van der Waals surface area contributed by atoms with Crippen molar-refractivity contribution in [2.45, 2.75) is 37.0 Å². The van der Waals surface area contributed by atoms with Crippen LogP contribution in [0.25, 0.3) is 0 Å². The molecule has 5 atom stereocenters. The molecule has 1 spiro atoms. The molecule has 2 amide bonds. The van der Waals surface area contributed by atoms with Gasteiger partial charge in [-0.05, 0) is 12.8 Å². The molecule has 10 nitrogen and oxygen atoms in total. The fourth-order valence-corrected chi connectivity index (χ4v) is 6.41. The van der Waals surface area contributed by atoms with E-state index in [-0.39, 0.29) is 31.6 Å². The Morgan fingerprint density at radius 2 is 1.80 bits per heavy atom. The Bertz CT molecular complexity index is 917. The number of ether oxygens (including phenoxy) is 3. The van der Waals surface area contributed by atoms with Gasteiger partial charge in [0.15, 0.2) is 0 Å². The van der Waals surface area contributed by atoms with Crippen LogP contribution in [0.4, 0.5) is 0 Å². The van der Waals surface area contributed by atoms with Crippen LogP contribution in [0.15, 0.2) is 24.3 Å². The van der Waals surface area contributed by atoms with Crippen LogP contribution in [0, 0.1) is 11.8 Å². The van der Waals surface area contributed by atoms with Crippen molar-refractivity contribution in [3.8, 4) is 0 Å². The number of fused-ring (bicyclic) bond motifs is 2. The van der Waals surface area contributed by atoms with Gasteiger partial charge in [-0.15, -0.1) is 0 Å². The molecule has 1 N–H and O–H groups in total. The summed E-state index contributed by atoms with van der Waals surface area (Å²) in [4.78, 5) is 46.6. The number of hydrogen-bond acceptors (Lipinski definition) is 8. The Labute approximate surface area is 205 Å².